The first-order chi connectivity index (χ1) is 16.4. The van der Waals surface area contributed by atoms with E-state index < -0.39 is 28.2 Å². The highest BCUT2D eigenvalue weighted by molar-refractivity contribution is 14.1. The summed E-state index contributed by atoms with van der Waals surface area (Å²) in [5.41, 5.74) is 0.125. The zero-order valence-corrected chi connectivity index (χ0v) is 22.0. The molecule has 0 saturated heterocycles. The number of halogens is 1. The minimum absolute atomic E-state index is 0.167. The molecule has 184 valence electrons. The van der Waals surface area contributed by atoms with Gasteiger partial charge in [0, 0.05) is 29.3 Å². The lowest BCUT2D eigenvalue weighted by atomic mass is 10.2. The molecule has 1 aliphatic rings. The van der Waals surface area contributed by atoms with Crippen LogP contribution in [-0.2, 0) is 4.74 Å². The molecule has 0 bridgehead atoms. The lowest BCUT2D eigenvalue weighted by Crippen LogP contribution is -2.59. The molecule has 0 saturated carbocycles. The van der Waals surface area contributed by atoms with Crippen LogP contribution < -0.4 is 14.3 Å². The van der Waals surface area contributed by atoms with Gasteiger partial charge in [-0.3, -0.25) is 0 Å². The average molecular weight is 591 g/mol. The fourth-order valence-corrected chi connectivity index (χ4v) is 3.99. The minimum atomic E-state index is -1.40. The molecule has 0 fully saturated rings. The van der Waals surface area contributed by atoms with Crippen LogP contribution in [0.15, 0.2) is 65.9 Å². The van der Waals surface area contributed by atoms with Crippen molar-refractivity contribution in [3.8, 4) is 5.75 Å². The van der Waals surface area contributed by atoms with Gasteiger partial charge >= 0.3 is 12.1 Å². The van der Waals surface area contributed by atoms with E-state index in [9.17, 15) is 19.5 Å². The van der Waals surface area contributed by atoms with Crippen LogP contribution in [0.2, 0.25) is 0 Å². The van der Waals surface area contributed by atoms with Crippen molar-refractivity contribution in [2.24, 2.45) is 4.99 Å². The summed E-state index contributed by atoms with van der Waals surface area (Å²) in [5, 5.41) is 12.3. The van der Waals surface area contributed by atoms with Crippen LogP contribution in [0.4, 0.5) is 15.3 Å². The molecule has 0 spiro atoms. The number of carboxylic acid groups (broad SMARTS) is 1. The van der Waals surface area contributed by atoms with Gasteiger partial charge in [0.2, 0.25) is 5.84 Å². The number of quaternary nitrogens is 1. The maximum Gasteiger partial charge on any atom is 0.410 e. The largest absolute Gasteiger partial charge is 0.497 e. The van der Waals surface area contributed by atoms with Gasteiger partial charge in [-0.2, -0.15) is 4.48 Å². The number of rotatable bonds is 6. The third-order valence-corrected chi connectivity index (χ3v) is 6.07. The Morgan fingerprint density at radius 2 is 1.74 bits per heavy atom. The van der Waals surface area contributed by atoms with Gasteiger partial charge in [0.1, 0.15) is 23.2 Å². The van der Waals surface area contributed by atoms with Crippen LogP contribution in [0.25, 0.3) is 0 Å². The van der Waals surface area contributed by atoms with Crippen molar-refractivity contribution in [1.29, 1.82) is 0 Å². The number of amides is 2. The average Bonchev–Trinajstić information content (AvgIpc) is 3.22. The first-order valence-corrected chi connectivity index (χ1v) is 11.9. The molecule has 3 rings (SSSR count). The summed E-state index contributed by atoms with van der Waals surface area (Å²) < 4.78 is 10.8. The normalized spacial score (nSPS) is 17.0. The molecule has 0 aliphatic carbocycles. The van der Waals surface area contributed by atoms with Gasteiger partial charge in [-0.15, -0.1) is 0 Å². The van der Waals surface area contributed by atoms with E-state index in [2.05, 4.69) is 27.6 Å². The highest BCUT2D eigenvalue weighted by atomic mass is 127. The van der Waals surface area contributed by atoms with Gasteiger partial charge < -0.3 is 24.3 Å². The number of amidine groups is 1. The first kappa shape index (κ1) is 26.4. The molecule has 2 aromatic rings. The van der Waals surface area contributed by atoms with Crippen molar-refractivity contribution in [2.45, 2.75) is 32.8 Å². The van der Waals surface area contributed by atoms with Gasteiger partial charge in [0.05, 0.1) is 18.2 Å². The summed E-state index contributed by atoms with van der Waals surface area (Å²) in [6, 6.07) is 13.1. The fourth-order valence-electron chi connectivity index (χ4n) is 3.38. The lowest BCUT2D eigenvalue weighted by molar-refractivity contribution is -0.257. The molecule has 1 heterocycles. The Morgan fingerprint density at radius 3 is 2.34 bits per heavy atom. The van der Waals surface area contributed by atoms with Crippen molar-refractivity contribution in [2.75, 3.05) is 13.6 Å². The maximum atomic E-state index is 12.5. The molecule has 9 nitrogen and oxygen atoms in total. The van der Waals surface area contributed by atoms with E-state index >= 15 is 0 Å². The van der Waals surface area contributed by atoms with E-state index in [0.29, 0.717) is 11.3 Å². The standard InChI is InChI=1S/C25H26IN3O6/c1-25(2,3)35-23(31)28(4)15-13-21-27-14-16-29(21,24(32)33)17-9-11-18(12-10-17)34-22(30)19-7-5-6-8-20(19)26/h5-12,14,16H,13,15H2,1-4H3. The van der Waals surface area contributed by atoms with Crippen molar-refractivity contribution < 1.29 is 29.0 Å². The van der Waals surface area contributed by atoms with Gasteiger partial charge in [-0.1, -0.05) is 12.1 Å². The molecule has 1 aliphatic heterocycles. The summed E-state index contributed by atoms with van der Waals surface area (Å²) >= 11 is 2.05. The zero-order chi connectivity index (χ0) is 25.8. The van der Waals surface area contributed by atoms with Crippen LogP contribution in [-0.4, -0.2) is 48.1 Å². The van der Waals surface area contributed by atoms with Crippen LogP contribution >= 0.6 is 22.6 Å². The summed E-state index contributed by atoms with van der Waals surface area (Å²) in [5.74, 6) is 0.0188. The number of aliphatic imine (C=N–C) groups is 1. The Balaban J connectivity index is 1.75. The molecule has 2 amide bonds. The minimum Gasteiger partial charge on any atom is -0.497 e. The first-order valence-electron chi connectivity index (χ1n) is 10.8. The fraction of sp³-hybridized carbons (Fsp3) is 0.280. The summed E-state index contributed by atoms with van der Waals surface area (Å²) in [6.07, 6.45) is 1.03. The van der Waals surface area contributed by atoms with E-state index in [1.807, 2.05) is 6.07 Å². The number of carbonyl (C=O) groups excluding carboxylic acids is 3. The second kappa shape index (κ2) is 10.6. The molecular weight excluding hydrogens is 565 g/mol. The molecular formula is C25H26IN3O6. The zero-order valence-electron chi connectivity index (χ0n) is 19.9. The summed E-state index contributed by atoms with van der Waals surface area (Å²) in [6.45, 7) is 5.49. The number of hydrogen-bond donors (Lipinski definition) is 0. The Bertz CT molecular complexity index is 1190. The second-order valence-corrected chi connectivity index (χ2v) is 10.0. The molecule has 10 heteroatoms. The van der Waals surface area contributed by atoms with E-state index in [1.54, 1.807) is 46.0 Å². The Kier molecular flexibility index (Phi) is 7.96. The lowest BCUT2D eigenvalue weighted by Gasteiger charge is -2.32. The van der Waals surface area contributed by atoms with Crippen molar-refractivity contribution in [3.63, 3.8) is 0 Å². The Morgan fingerprint density at radius 1 is 1.09 bits per heavy atom. The molecule has 0 N–H and O–H groups in total. The SMILES string of the molecule is CN(CCC1=NC=C[N+]1(C(=O)[O-])c1ccc(OC(=O)c2ccccc2I)cc1)C(=O)OC(C)(C)C. The highest BCUT2D eigenvalue weighted by Crippen LogP contribution is 2.31. The predicted octanol–water partition coefficient (Wildman–Crippen LogP) is 4.30. The quantitative estimate of drug-likeness (QED) is 0.215. The van der Waals surface area contributed by atoms with Gasteiger partial charge in [-0.05, 0) is 67.6 Å². The molecule has 2 aromatic carbocycles. The van der Waals surface area contributed by atoms with E-state index in [0.717, 1.165) is 3.57 Å². The molecule has 1 atom stereocenters. The van der Waals surface area contributed by atoms with Crippen LogP contribution in [0, 0.1) is 3.57 Å². The number of hydrogen-bond acceptors (Lipinski definition) is 7. The summed E-state index contributed by atoms with van der Waals surface area (Å²) in [4.78, 5) is 42.7. The second-order valence-electron chi connectivity index (χ2n) is 8.85. The molecule has 35 heavy (non-hydrogen) atoms. The van der Waals surface area contributed by atoms with Crippen LogP contribution in [0.5, 0.6) is 5.75 Å². The third-order valence-electron chi connectivity index (χ3n) is 5.13. The smallest absolute Gasteiger partial charge is 0.410 e. The number of ether oxygens (including phenoxy) is 2. The monoisotopic (exact) mass is 591 g/mol. The predicted molar refractivity (Wildman–Crippen MR) is 138 cm³/mol. The Hall–Kier alpha value is -3.25. The number of esters is 1. The number of benzene rings is 2. The van der Waals surface area contributed by atoms with Crippen LogP contribution in [0.3, 0.4) is 0 Å². The van der Waals surface area contributed by atoms with E-state index in [4.69, 9.17) is 9.47 Å². The van der Waals surface area contributed by atoms with E-state index in [-0.39, 0.29) is 24.6 Å². The van der Waals surface area contributed by atoms with Crippen LogP contribution in [0.1, 0.15) is 37.6 Å². The topological polar surface area (TPSA) is 108 Å². The van der Waals surface area contributed by atoms with Gasteiger partial charge in [0.25, 0.3) is 6.09 Å². The molecule has 0 aromatic heterocycles. The molecule has 0 radical (unpaired) electrons. The van der Waals surface area contributed by atoms with Crippen molar-refractivity contribution in [3.05, 3.63) is 70.1 Å². The van der Waals surface area contributed by atoms with Gasteiger partial charge in [-0.25, -0.2) is 14.6 Å². The number of nitrogens with zero attached hydrogens (tertiary/aromatic N) is 3. The van der Waals surface area contributed by atoms with E-state index in [1.165, 1.54) is 41.6 Å². The number of carbonyl (C=O) groups is 3. The maximum absolute atomic E-state index is 12.5. The summed E-state index contributed by atoms with van der Waals surface area (Å²) in [7, 11) is 1.57. The van der Waals surface area contributed by atoms with Crippen molar-refractivity contribution in [1.82, 2.24) is 9.38 Å². The van der Waals surface area contributed by atoms with Crippen molar-refractivity contribution >= 4 is 52.3 Å². The third kappa shape index (κ3) is 6.06. The van der Waals surface area contributed by atoms with Gasteiger partial charge in [0.15, 0.2) is 0 Å². The highest BCUT2D eigenvalue weighted by Gasteiger charge is 2.41. The Labute approximate surface area is 217 Å². The molecule has 1 unspecified atom stereocenters.